The summed E-state index contributed by atoms with van der Waals surface area (Å²) in [5.41, 5.74) is 2.49. The van der Waals surface area contributed by atoms with Crippen LogP contribution in [0.5, 0.6) is 0 Å². The summed E-state index contributed by atoms with van der Waals surface area (Å²) in [6.07, 6.45) is 2.91. The molecule has 2 aromatic rings. The van der Waals surface area contributed by atoms with Crippen LogP contribution in [0.1, 0.15) is 37.2 Å². The second kappa shape index (κ2) is 14.5. The Bertz CT molecular complexity index is 794. The Hall–Kier alpha value is -1.62. The summed E-state index contributed by atoms with van der Waals surface area (Å²) in [5.74, 6) is 1.78. The van der Waals surface area contributed by atoms with Crippen LogP contribution in [0.15, 0.2) is 52.1 Å². The summed E-state index contributed by atoms with van der Waals surface area (Å²) >= 11 is 0. The molecule has 0 amide bonds. The topological polar surface area (TPSA) is 71.3 Å². The minimum Gasteiger partial charge on any atom is -0.468 e. The van der Waals surface area contributed by atoms with Crippen molar-refractivity contribution < 1.29 is 13.9 Å². The molecule has 8 heteroatoms. The molecule has 1 fully saturated rings. The summed E-state index contributed by atoms with van der Waals surface area (Å²) in [7, 11) is 2.10. The van der Waals surface area contributed by atoms with Gasteiger partial charge in [0.15, 0.2) is 5.96 Å². The third-order valence-electron chi connectivity index (χ3n) is 5.17. The van der Waals surface area contributed by atoms with Gasteiger partial charge in [-0.3, -0.25) is 4.90 Å². The molecule has 2 atom stereocenters. The molecule has 2 N–H and O–H groups in total. The van der Waals surface area contributed by atoms with Crippen LogP contribution < -0.4 is 10.6 Å². The van der Waals surface area contributed by atoms with E-state index in [2.05, 4.69) is 60.7 Å². The molecule has 32 heavy (non-hydrogen) atoms. The zero-order valence-electron chi connectivity index (χ0n) is 19.4. The lowest BCUT2D eigenvalue weighted by Gasteiger charge is -2.20. The largest absolute Gasteiger partial charge is 0.468 e. The Kier molecular flexibility index (Phi) is 12.1. The van der Waals surface area contributed by atoms with E-state index in [1.165, 1.54) is 11.1 Å². The summed E-state index contributed by atoms with van der Waals surface area (Å²) in [5, 5.41) is 6.79. The minimum absolute atomic E-state index is 0. The molecule has 0 bridgehead atoms. The van der Waals surface area contributed by atoms with E-state index < -0.39 is 0 Å². The number of halogens is 1. The number of benzene rings is 1. The molecule has 1 aliphatic heterocycles. The maximum absolute atomic E-state index is 5.93. The Morgan fingerprint density at radius 1 is 1.22 bits per heavy atom. The molecule has 1 aliphatic rings. The van der Waals surface area contributed by atoms with Crippen LogP contribution in [-0.4, -0.2) is 56.4 Å². The van der Waals surface area contributed by atoms with Crippen LogP contribution in [0.25, 0.3) is 0 Å². The molecule has 7 nitrogen and oxygen atoms in total. The van der Waals surface area contributed by atoms with Crippen LogP contribution in [0.4, 0.5) is 0 Å². The average Bonchev–Trinajstić information content (AvgIpc) is 3.46. The van der Waals surface area contributed by atoms with Crippen molar-refractivity contribution in [3.05, 3.63) is 59.5 Å². The van der Waals surface area contributed by atoms with Crippen LogP contribution in [0, 0.1) is 0 Å². The van der Waals surface area contributed by atoms with E-state index >= 15 is 0 Å². The lowest BCUT2D eigenvalue weighted by atomic mass is 10.1. The predicted octanol–water partition coefficient (Wildman–Crippen LogP) is 3.78. The maximum atomic E-state index is 5.93. The molecule has 0 aliphatic carbocycles. The zero-order valence-corrected chi connectivity index (χ0v) is 21.7. The summed E-state index contributed by atoms with van der Waals surface area (Å²) in [6, 6.07) is 12.6. The fourth-order valence-corrected chi connectivity index (χ4v) is 3.57. The van der Waals surface area contributed by atoms with Crippen LogP contribution in [0.2, 0.25) is 0 Å². The number of hydrogen-bond donors (Lipinski definition) is 2. The van der Waals surface area contributed by atoms with E-state index in [0.717, 1.165) is 44.4 Å². The van der Waals surface area contributed by atoms with E-state index in [9.17, 15) is 0 Å². The van der Waals surface area contributed by atoms with Gasteiger partial charge in [-0.15, -0.1) is 24.0 Å². The molecule has 2 heterocycles. The van der Waals surface area contributed by atoms with Gasteiger partial charge in [0.2, 0.25) is 0 Å². The molecule has 178 valence electrons. The zero-order chi connectivity index (χ0) is 21.9. The van der Waals surface area contributed by atoms with Gasteiger partial charge in [-0.2, -0.15) is 0 Å². The van der Waals surface area contributed by atoms with Gasteiger partial charge in [0.05, 0.1) is 38.7 Å². The second-order valence-electron chi connectivity index (χ2n) is 8.08. The van der Waals surface area contributed by atoms with Crippen molar-refractivity contribution in [1.29, 1.82) is 0 Å². The second-order valence-corrected chi connectivity index (χ2v) is 8.08. The number of furan rings is 1. The molecule has 3 rings (SSSR count). The molecule has 0 spiro atoms. The number of hydrogen-bond acceptors (Lipinski definition) is 5. The Morgan fingerprint density at radius 3 is 2.72 bits per heavy atom. The monoisotopic (exact) mass is 556 g/mol. The highest BCUT2D eigenvalue weighted by atomic mass is 127. The van der Waals surface area contributed by atoms with E-state index in [-0.39, 0.29) is 36.1 Å². The van der Waals surface area contributed by atoms with Crippen molar-refractivity contribution in [2.24, 2.45) is 4.99 Å². The van der Waals surface area contributed by atoms with Gasteiger partial charge in [0.25, 0.3) is 0 Å². The van der Waals surface area contributed by atoms with Gasteiger partial charge in [-0.1, -0.05) is 24.3 Å². The number of guanidine groups is 1. The summed E-state index contributed by atoms with van der Waals surface area (Å²) in [6.45, 7) is 9.35. The van der Waals surface area contributed by atoms with Crippen molar-refractivity contribution in [2.45, 2.75) is 52.0 Å². The fraction of sp³-hybridized carbons (Fsp3) is 0.542. The van der Waals surface area contributed by atoms with Crippen molar-refractivity contribution in [1.82, 2.24) is 15.5 Å². The van der Waals surface area contributed by atoms with Crippen molar-refractivity contribution >= 4 is 29.9 Å². The van der Waals surface area contributed by atoms with Crippen molar-refractivity contribution in [3.63, 3.8) is 0 Å². The van der Waals surface area contributed by atoms with Gasteiger partial charge >= 0.3 is 0 Å². The highest BCUT2D eigenvalue weighted by molar-refractivity contribution is 14.0. The Balaban J connectivity index is 0.00000363. The average molecular weight is 556 g/mol. The van der Waals surface area contributed by atoms with E-state index in [1.807, 2.05) is 12.1 Å². The first-order valence-corrected chi connectivity index (χ1v) is 11.2. The number of ether oxygens (including phenoxy) is 2. The first-order valence-electron chi connectivity index (χ1n) is 11.2. The van der Waals surface area contributed by atoms with Crippen LogP contribution in [0.3, 0.4) is 0 Å². The first kappa shape index (κ1) is 26.6. The summed E-state index contributed by atoms with van der Waals surface area (Å²) in [4.78, 5) is 7.07. The highest BCUT2D eigenvalue weighted by Crippen LogP contribution is 2.14. The van der Waals surface area contributed by atoms with Crippen LogP contribution >= 0.6 is 24.0 Å². The van der Waals surface area contributed by atoms with Crippen molar-refractivity contribution in [2.75, 3.05) is 33.4 Å². The first-order chi connectivity index (χ1) is 15.1. The summed E-state index contributed by atoms with van der Waals surface area (Å²) < 4.78 is 16.8. The molecular weight excluding hydrogens is 519 g/mol. The third-order valence-corrected chi connectivity index (χ3v) is 5.17. The normalized spacial score (nSPS) is 17.2. The van der Waals surface area contributed by atoms with E-state index in [4.69, 9.17) is 18.9 Å². The highest BCUT2D eigenvalue weighted by Gasteiger charge is 2.17. The molecular formula is C24H37IN4O3. The number of nitrogens with zero attached hydrogens (tertiary/aromatic N) is 2. The molecule has 1 aromatic heterocycles. The third kappa shape index (κ3) is 9.09. The number of aliphatic imine (C=N–C) groups is 1. The van der Waals surface area contributed by atoms with E-state index in [1.54, 1.807) is 6.26 Å². The van der Waals surface area contributed by atoms with Gasteiger partial charge in [0.1, 0.15) is 5.76 Å². The molecule has 0 radical (unpaired) electrons. The number of rotatable bonds is 11. The van der Waals surface area contributed by atoms with Crippen molar-refractivity contribution in [3.8, 4) is 0 Å². The van der Waals surface area contributed by atoms with Gasteiger partial charge in [-0.05, 0) is 50.6 Å². The maximum Gasteiger partial charge on any atom is 0.191 e. The Morgan fingerprint density at radius 2 is 2.03 bits per heavy atom. The quantitative estimate of drug-likeness (QED) is 0.250. The SMILES string of the molecule is CCNC(=NCc1ccccc1CN(C)Cc1ccco1)NC(C)COC1CCOC1.I. The van der Waals surface area contributed by atoms with Crippen LogP contribution in [-0.2, 0) is 29.1 Å². The Labute approximate surface area is 209 Å². The van der Waals surface area contributed by atoms with Gasteiger partial charge in [0, 0.05) is 25.7 Å². The molecule has 0 saturated carbocycles. The number of nitrogens with one attached hydrogen (secondary N) is 2. The van der Waals surface area contributed by atoms with E-state index in [0.29, 0.717) is 19.8 Å². The predicted molar refractivity (Wildman–Crippen MR) is 138 cm³/mol. The molecule has 1 saturated heterocycles. The lowest BCUT2D eigenvalue weighted by Crippen LogP contribution is -2.44. The van der Waals surface area contributed by atoms with Gasteiger partial charge < -0.3 is 24.5 Å². The molecule has 2 unspecified atom stereocenters. The fourth-order valence-electron chi connectivity index (χ4n) is 3.57. The van der Waals surface area contributed by atoms with Gasteiger partial charge in [-0.25, -0.2) is 4.99 Å². The standard InChI is InChI=1S/C24H36N4O3.HI/c1-4-25-24(27-19(2)17-31-23-11-13-29-18-23)26-14-20-8-5-6-9-21(20)15-28(3)16-22-10-7-12-30-22;/h5-10,12,19,23H,4,11,13-18H2,1-3H3,(H2,25,26,27);1H. The smallest absolute Gasteiger partial charge is 0.191 e. The minimum atomic E-state index is 0. The lowest BCUT2D eigenvalue weighted by molar-refractivity contribution is 0.0347. The molecule has 1 aromatic carbocycles.